The number of likely N-dealkylation sites (tertiary alicyclic amines) is 1. The zero-order chi connectivity index (χ0) is 16.1. The summed E-state index contributed by atoms with van der Waals surface area (Å²) in [4.78, 5) is 28.5. The molecule has 1 aromatic carbocycles. The van der Waals surface area contributed by atoms with Crippen LogP contribution in [-0.4, -0.2) is 54.3 Å². The van der Waals surface area contributed by atoms with Gasteiger partial charge < -0.3 is 10.2 Å². The third-order valence-corrected chi connectivity index (χ3v) is 4.10. The summed E-state index contributed by atoms with van der Waals surface area (Å²) >= 11 is 0. The van der Waals surface area contributed by atoms with Gasteiger partial charge in [0.15, 0.2) is 0 Å². The van der Waals surface area contributed by atoms with E-state index in [0.717, 1.165) is 25.9 Å². The molecule has 0 saturated carbocycles. The van der Waals surface area contributed by atoms with Crippen LogP contribution < -0.4 is 5.32 Å². The molecular formula is C17H25N3O2. The van der Waals surface area contributed by atoms with Crippen molar-refractivity contribution in [3.63, 3.8) is 0 Å². The highest BCUT2D eigenvalue weighted by molar-refractivity contribution is 6.04. The van der Waals surface area contributed by atoms with Crippen molar-refractivity contribution in [2.24, 2.45) is 0 Å². The zero-order valence-corrected chi connectivity index (χ0v) is 13.6. The summed E-state index contributed by atoms with van der Waals surface area (Å²) in [5.41, 5.74) is 1.17. The molecule has 22 heavy (non-hydrogen) atoms. The van der Waals surface area contributed by atoms with E-state index in [9.17, 15) is 9.59 Å². The third-order valence-electron chi connectivity index (χ3n) is 4.10. The number of rotatable bonds is 5. The average molecular weight is 303 g/mol. The van der Waals surface area contributed by atoms with E-state index in [0.29, 0.717) is 23.8 Å². The van der Waals surface area contributed by atoms with Gasteiger partial charge in [0.1, 0.15) is 0 Å². The van der Waals surface area contributed by atoms with Crippen LogP contribution >= 0.6 is 0 Å². The van der Waals surface area contributed by atoms with Crippen molar-refractivity contribution in [3.8, 4) is 0 Å². The molecule has 0 aromatic heterocycles. The average Bonchev–Trinajstić information content (AvgIpc) is 3.01. The van der Waals surface area contributed by atoms with E-state index < -0.39 is 0 Å². The molecule has 1 aromatic rings. The number of likely N-dealkylation sites (N-methyl/N-ethyl adjacent to an activating group) is 1. The molecule has 0 bridgehead atoms. The number of hydrogen-bond acceptors (Lipinski definition) is 3. The maximum absolute atomic E-state index is 12.5. The van der Waals surface area contributed by atoms with Gasteiger partial charge in [0, 0.05) is 19.1 Å². The summed E-state index contributed by atoms with van der Waals surface area (Å²) < 4.78 is 0. The summed E-state index contributed by atoms with van der Waals surface area (Å²) in [5, 5.41) is 2.87. The first-order valence-electron chi connectivity index (χ1n) is 7.87. The molecular weight excluding hydrogens is 278 g/mol. The summed E-state index contributed by atoms with van der Waals surface area (Å²) in [6.45, 7) is 5.99. The summed E-state index contributed by atoms with van der Waals surface area (Å²) in [6, 6.07) is 7.54. The normalized spacial score (nSPS) is 14.7. The molecule has 1 aliphatic heterocycles. The maximum atomic E-state index is 12.5. The van der Waals surface area contributed by atoms with Gasteiger partial charge in [-0.25, -0.2) is 0 Å². The van der Waals surface area contributed by atoms with E-state index in [1.807, 2.05) is 42.8 Å². The lowest BCUT2D eigenvalue weighted by Gasteiger charge is -2.21. The molecule has 0 aliphatic carbocycles. The Morgan fingerprint density at radius 1 is 1.23 bits per heavy atom. The van der Waals surface area contributed by atoms with Gasteiger partial charge in [0.2, 0.25) is 5.91 Å². The standard InChI is InChI=1S/C17H25N3O2/c1-13(2)19(3)12-16(21)18-15-9-5-4-8-14(15)17(22)20-10-6-7-11-20/h4-5,8-9,13H,6-7,10-12H2,1-3H3,(H,18,21). The van der Waals surface area contributed by atoms with Gasteiger partial charge in [0.25, 0.3) is 5.91 Å². The van der Waals surface area contributed by atoms with Gasteiger partial charge in [0.05, 0.1) is 17.8 Å². The van der Waals surface area contributed by atoms with Crippen molar-refractivity contribution in [2.75, 3.05) is 32.0 Å². The molecule has 1 fully saturated rings. The van der Waals surface area contributed by atoms with Crippen molar-refractivity contribution in [1.82, 2.24) is 9.80 Å². The van der Waals surface area contributed by atoms with Crippen LogP contribution in [0.5, 0.6) is 0 Å². The fourth-order valence-corrected chi connectivity index (χ4v) is 2.47. The molecule has 0 radical (unpaired) electrons. The molecule has 2 amide bonds. The Morgan fingerprint density at radius 2 is 1.86 bits per heavy atom. The lowest BCUT2D eigenvalue weighted by atomic mass is 10.1. The third kappa shape index (κ3) is 4.07. The largest absolute Gasteiger partial charge is 0.339 e. The molecule has 5 heteroatoms. The van der Waals surface area contributed by atoms with E-state index in [1.165, 1.54) is 0 Å². The topological polar surface area (TPSA) is 52.7 Å². The van der Waals surface area contributed by atoms with E-state index in [4.69, 9.17) is 0 Å². The SMILES string of the molecule is CC(C)N(C)CC(=O)Nc1ccccc1C(=O)N1CCCC1. The van der Waals surface area contributed by atoms with Gasteiger partial charge in [-0.3, -0.25) is 14.5 Å². The molecule has 5 nitrogen and oxygen atoms in total. The predicted molar refractivity (Wildman–Crippen MR) is 88.0 cm³/mol. The monoisotopic (exact) mass is 303 g/mol. The molecule has 1 aliphatic rings. The second kappa shape index (κ2) is 7.40. The molecule has 2 rings (SSSR count). The number of carbonyl (C=O) groups excluding carboxylic acids is 2. The van der Waals surface area contributed by atoms with Crippen molar-refractivity contribution in [1.29, 1.82) is 0 Å². The number of hydrogen-bond donors (Lipinski definition) is 1. The molecule has 0 atom stereocenters. The maximum Gasteiger partial charge on any atom is 0.255 e. The van der Waals surface area contributed by atoms with Crippen LogP contribution in [0.15, 0.2) is 24.3 Å². The first kappa shape index (κ1) is 16.5. The van der Waals surface area contributed by atoms with Crippen molar-refractivity contribution >= 4 is 17.5 Å². The smallest absolute Gasteiger partial charge is 0.255 e. The molecule has 1 heterocycles. The summed E-state index contributed by atoms with van der Waals surface area (Å²) in [6.07, 6.45) is 2.11. The van der Waals surface area contributed by atoms with Gasteiger partial charge in [-0.15, -0.1) is 0 Å². The first-order chi connectivity index (χ1) is 10.5. The lowest BCUT2D eigenvalue weighted by Crippen LogP contribution is -2.35. The minimum Gasteiger partial charge on any atom is -0.339 e. The minimum absolute atomic E-state index is 0.00520. The number of carbonyl (C=O) groups is 2. The second-order valence-electron chi connectivity index (χ2n) is 6.10. The molecule has 0 spiro atoms. The zero-order valence-electron chi connectivity index (χ0n) is 13.6. The number of nitrogens with one attached hydrogen (secondary N) is 1. The lowest BCUT2D eigenvalue weighted by molar-refractivity contribution is -0.117. The van der Waals surface area contributed by atoms with E-state index in [2.05, 4.69) is 5.32 Å². The van der Waals surface area contributed by atoms with Crippen LogP contribution in [0.4, 0.5) is 5.69 Å². The highest BCUT2D eigenvalue weighted by atomic mass is 16.2. The highest BCUT2D eigenvalue weighted by Gasteiger charge is 2.22. The Bertz CT molecular complexity index is 536. The van der Waals surface area contributed by atoms with Crippen molar-refractivity contribution < 1.29 is 9.59 Å². The highest BCUT2D eigenvalue weighted by Crippen LogP contribution is 2.20. The van der Waals surface area contributed by atoms with E-state index >= 15 is 0 Å². The fourth-order valence-electron chi connectivity index (χ4n) is 2.47. The number of nitrogens with zero attached hydrogens (tertiary/aromatic N) is 2. The second-order valence-corrected chi connectivity index (χ2v) is 6.10. The number of amides is 2. The van der Waals surface area contributed by atoms with Crippen molar-refractivity contribution in [3.05, 3.63) is 29.8 Å². The van der Waals surface area contributed by atoms with Crippen LogP contribution in [0.1, 0.15) is 37.0 Å². The van der Waals surface area contributed by atoms with Crippen LogP contribution in [0.25, 0.3) is 0 Å². The van der Waals surface area contributed by atoms with E-state index in [-0.39, 0.29) is 11.8 Å². The van der Waals surface area contributed by atoms with Crippen LogP contribution in [0.3, 0.4) is 0 Å². The Morgan fingerprint density at radius 3 is 2.50 bits per heavy atom. The first-order valence-corrected chi connectivity index (χ1v) is 7.87. The van der Waals surface area contributed by atoms with E-state index in [1.54, 1.807) is 12.1 Å². The Labute approximate surface area is 132 Å². The predicted octanol–water partition coefficient (Wildman–Crippen LogP) is 2.20. The van der Waals surface area contributed by atoms with Crippen LogP contribution in [0.2, 0.25) is 0 Å². The van der Waals surface area contributed by atoms with Gasteiger partial charge in [-0.1, -0.05) is 12.1 Å². The fraction of sp³-hybridized carbons (Fsp3) is 0.529. The van der Waals surface area contributed by atoms with Gasteiger partial charge in [-0.05, 0) is 45.9 Å². The van der Waals surface area contributed by atoms with Crippen LogP contribution in [0, 0.1) is 0 Å². The Hall–Kier alpha value is -1.88. The molecule has 1 N–H and O–H groups in total. The Kier molecular flexibility index (Phi) is 5.55. The number of anilines is 1. The van der Waals surface area contributed by atoms with Gasteiger partial charge in [-0.2, -0.15) is 0 Å². The number of benzene rings is 1. The van der Waals surface area contributed by atoms with Crippen LogP contribution in [-0.2, 0) is 4.79 Å². The van der Waals surface area contributed by atoms with Gasteiger partial charge >= 0.3 is 0 Å². The molecule has 1 saturated heterocycles. The number of para-hydroxylation sites is 1. The van der Waals surface area contributed by atoms with Crippen molar-refractivity contribution in [2.45, 2.75) is 32.7 Å². The minimum atomic E-state index is -0.0992. The quantitative estimate of drug-likeness (QED) is 0.907. The molecule has 120 valence electrons. The molecule has 0 unspecified atom stereocenters. The summed E-state index contributed by atoms with van der Waals surface area (Å²) in [7, 11) is 1.91. The summed E-state index contributed by atoms with van der Waals surface area (Å²) in [5.74, 6) is -0.0940. The Balaban J connectivity index is 2.08.